The number of carboxylic acid groups (broad SMARTS) is 1. The normalized spacial score (nSPS) is 11.3. The number of carboxylic acids is 1. The molecular weight excluding hydrogens is 200 g/mol. The van der Waals surface area contributed by atoms with Crippen LogP contribution < -0.4 is 0 Å². The molecule has 0 fully saturated rings. The van der Waals surface area contributed by atoms with Gasteiger partial charge in [0.15, 0.2) is 0 Å². The fraction of sp³-hybridized carbons (Fsp3) is 0.214. The van der Waals surface area contributed by atoms with Crippen molar-refractivity contribution in [3.63, 3.8) is 0 Å². The molecule has 0 heterocycles. The average molecular weight is 216 g/mol. The first-order valence-electron chi connectivity index (χ1n) is 5.30. The van der Waals surface area contributed by atoms with Gasteiger partial charge in [-0.2, -0.15) is 0 Å². The SMILES string of the molecule is C1=Cc2ccccc2C1.C=C(CC)C(=O)O. The Labute approximate surface area is 95.9 Å². The molecule has 1 aromatic rings. The monoisotopic (exact) mass is 216 g/mol. The van der Waals surface area contributed by atoms with Crippen molar-refractivity contribution in [2.75, 3.05) is 0 Å². The molecule has 0 aliphatic heterocycles. The third-order valence-corrected chi connectivity index (χ3v) is 2.42. The van der Waals surface area contributed by atoms with Gasteiger partial charge in [0.2, 0.25) is 0 Å². The number of allylic oxidation sites excluding steroid dienone is 1. The summed E-state index contributed by atoms with van der Waals surface area (Å²) in [6.45, 7) is 5.03. The Morgan fingerprint density at radius 1 is 1.44 bits per heavy atom. The van der Waals surface area contributed by atoms with Crippen LogP contribution in [-0.2, 0) is 11.2 Å². The second kappa shape index (κ2) is 5.91. The van der Waals surface area contributed by atoms with Gasteiger partial charge in [0.25, 0.3) is 0 Å². The highest BCUT2D eigenvalue weighted by Gasteiger charge is 2.00. The Bertz CT molecular complexity index is 416. The van der Waals surface area contributed by atoms with Crippen molar-refractivity contribution in [2.45, 2.75) is 19.8 Å². The van der Waals surface area contributed by atoms with Gasteiger partial charge in [-0.25, -0.2) is 4.79 Å². The predicted molar refractivity (Wildman–Crippen MR) is 66.2 cm³/mol. The van der Waals surface area contributed by atoms with Gasteiger partial charge < -0.3 is 5.11 Å². The minimum atomic E-state index is -0.900. The summed E-state index contributed by atoms with van der Waals surface area (Å²) in [5, 5.41) is 8.08. The van der Waals surface area contributed by atoms with Crippen LogP contribution in [0.2, 0.25) is 0 Å². The number of benzene rings is 1. The minimum absolute atomic E-state index is 0.264. The third kappa shape index (κ3) is 3.39. The number of carbonyl (C=O) groups is 1. The quantitative estimate of drug-likeness (QED) is 0.770. The summed E-state index contributed by atoms with van der Waals surface area (Å²) in [7, 11) is 0. The zero-order chi connectivity index (χ0) is 12.0. The molecule has 0 bridgehead atoms. The molecule has 2 rings (SSSR count). The van der Waals surface area contributed by atoms with Crippen LogP contribution in [0.1, 0.15) is 24.5 Å². The summed E-state index contributed by atoms with van der Waals surface area (Å²) in [5.74, 6) is -0.900. The Morgan fingerprint density at radius 2 is 2.12 bits per heavy atom. The number of hydrogen-bond donors (Lipinski definition) is 1. The predicted octanol–water partition coefficient (Wildman–Crippen LogP) is 3.29. The van der Waals surface area contributed by atoms with E-state index in [2.05, 4.69) is 43.0 Å². The molecule has 84 valence electrons. The van der Waals surface area contributed by atoms with E-state index in [1.165, 1.54) is 11.1 Å². The smallest absolute Gasteiger partial charge is 0.330 e. The first kappa shape index (κ1) is 12.2. The van der Waals surface area contributed by atoms with Crippen LogP contribution in [-0.4, -0.2) is 11.1 Å². The van der Waals surface area contributed by atoms with Crippen molar-refractivity contribution >= 4 is 12.0 Å². The van der Waals surface area contributed by atoms with Crippen molar-refractivity contribution in [1.29, 1.82) is 0 Å². The average Bonchev–Trinajstić information content (AvgIpc) is 2.76. The van der Waals surface area contributed by atoms with E-state index in [0.717, 1.165) is 6.42 Å². The van der Waals surface area contributed by atoms with Crippen LogP contribution in [0.25, 0.3) is 6.08 Å². The molecule has 1 aromatic carbocycles. The number of aliphatic carboxylic acids is 1. The van der Waals surface area contributed by atoms with Gasteiger partial charge in [-0.1, -0.05) is 49.9 Å². The number of rotatable bonds is 2. The maximum absolute atomic E-state index is 9.83. The lowest BCUT2D eigenvalue weighted by Crippen LogP contribution is -1.95. The van der Waals surface area contributed by atoms with Crippen LogP contribution in [0.15, 0.2) is 42.5 Å². The molecule has 0 saturated heterocycles. The van der Waals surface area contributed by atoms with Crippen LogP contribution in [0.5, 0.6) is 0 Å². The number of fused-ring (bicyclic) bond motifs is 1. The van der Waals surface area contributed by atoms with Crippen molar-refractivity contribution in [3.8, 4) is 0 Å². The van der Waals surface area contributed by atoms with Crippen molar-refractivity contribution in [3.05, 3.63) is 53.6 Å². The molecule has 1 aliphatic rings. The second-order valence-electron chi connectivity index (χ2n) is 3.57. The lowest BCUT2D eigenvalue weighted by atomic mass is 10.1. The fourth-order valence-corrected chi connectivity index (χ4v) is 1.35. The zero-order valence-corrected chi connectivity index (χ0v) is 9.44. The van der Waals surface area contributed by atoms with Crippen LogP contribution in [0.4, 0.5) is 0 Å². The molecule has 0 amide bonds. The van der Waals surface area contributed by atoms with Gasteiger partial charge in [-0.05, 0) is 24.0 Å². The molecule has 16 heavy (non-hydrogen) atoms. The number of hydrogen-bond acceptors (Lipinski definition) is 1. The van der Waals surface area contributed by atoms with Crippen molar-refractivity contribution in [1.82, 2.24) is 0 Å². The topological polar surface area (TPSA) is 37.3 Å². The molecule has 0 aromatic heterocycles. The standard InChI is InChI=1S/C9H8.C5H8O2/c1-2-5-9-7-3-6-8(9)4-1;1-3-4(2)5(6)7/h1-6H,7H2;2-3H2,1H3,(H,6,7). The molecule has 0 atom stereocenters. The van der Waals surface area contributed by atoms with E-state index in [0.29, 0.717) is 6.42 Å². The van der Waals surface area contributed by atoms with Gasteiger partial charge in [0, 0.05) is 5.57 Å². The van der Waals surface area contributed by atoms with E-state index in [-0.39, 0.29) is 5.57 Å². The van der Waals surface area contributed by atoms with Gasteiger partial charge in [-0.15, -0.1) is 0 Å². The van der Waals surface area contributed by atoms with Crippen molar-refractivity contribution in [2.24, 2.45) is 0 Å². The summed E-state index contributed by atoms with van der Waals surface area (Å²) in [6.07, 6.45) is 6.02. The van der Waals surface area contributed by atoms with E-state index in [4.69, 9.17) is 5.11 Å². The Kier molecular flexibility index (Phi) is 4.52. The first-order chi connectivity index (χ1) is 7.65. The molecule has 2 nitrogen and oxygen atoms in total. The van der Waals surface area contributed by atoms with E-state index >= 15 is 0 Å². The Hall–Kier alpha value is -1.83. The van der Waals surface area contributed by atoms with Gasteiger partial charge in [0.05, 0.1) is 0 Å². The zero-order valence-electron chi connectivity index (χ0n) is 9.44. The highest BCUT2D eigenvalue weighted by atomic mass is 16.4. The third-order valence-electron chi connectivity index (χ3n) is 2.42. The maximum atomic E-state index is 9.83. The molecule has 1 aliphatic carbocycles. The summed E-state index contributed by atoms with van der Waals surface area (Å²) in [5.41, 5.74) is 3.11. The van der Waals surface area contributed by atoms with Gasteiger partial charge >= 0.3 is 5.97 Å². The summed E-state index contributed by atoms with van der Waals surface area (Å²) >= 11 is 0. The van der Waals surface area contributed by atoms with E-state index in [1.807, 2.05) is 0 Å². The summed E-state index contributed by atoms with van der Waals surface area (Å²) in [6, 6.07) is 8.49. The largest absolute Gasteiger partial charge is 0.478 e. The molecule has 0 radical (unpaired) electrons. The molecule has 0 unspecified atom stereocenters. The van der Waals surface area contributed by atoms with Crippen LogP contribution >= 0.6 is 0 Å². The summed E-state index contributed by atoms with van der Waals surface area (Å²) < 4.78 is 0. The van der Waals surface area contributed by atoms with Crippen molar-refractivity contribution < 1.29 is 9.90 Å². The summed E-state index contributed by atoms with van der Waals surface area (Å²) in [4.78, 5) is 9.83. The minimum Gasteiger partial charge on any atom is -0.478 e. The van der Waals surface area contributed by atoms with Crippen LogP contribution in [0.3, 0.4) is 0 Å². The fourth-order valence-electron chi connectivity index (χ4n) is 1.35. The Balaban J connectivity index is 0.000000168. The maximum Gasteiger partial charge on any atom is 0.330 e. The molecule has 2 heteroatoms. The molecule has 0 spiro atoms. The highest BCUT2D eigenvalue weighted by molar-refractivity contribution is 5.85. The molecule has 0 saturated carbocycles. The highest BCUT2D eigenvalue weighted by Crippen LogP contribution is 2.17. The molecule has 1 N–H and O–H groups in total. The Morgan fingerprint density at radius 3 is 2.62 bits per heavy atom. The van der Waals surface area contributed by atoms with E-state index < -0.39 is 5.97 Å². The van der Waals surface area contributed by atoms with E-state index in [1.54, 1.807) is 6.92 Å². The van der Waals surface area contributed by atoms with Gasteiger partial charge in [-0.3, -0.25) is 0 Å². The lowest BCUT2D eigenvalue weighted by Gasteiger charge is -1.93. The first-order valence-corrected chi connectivity index (χ1v) is 5.30. The van der Waals surface area contributed by atoms with Crippen LogP contribution in [0, 0.1) is 0 Å². The molecular formula is C14H16O2. The lowest BCUT2D eigenvalue weighted by molar-refractivity contribution is -0.132. The van der Waals surface area contributed by atoms with Gasteiger partial charge in [0.1, 0.15) is 0 Å². The van der Waals surface area contributed by atoms with E-state index in [9.17, 15) is 4.79 Å². The second-order valence-corrected chi connectivity index (χ2v) is 3.57.